The maximum Gasteiger partial charge on any atom is 0.213 e. The summed E-state index contributed by atoms with van der Waals surface area (Å²) >= 11 is 0. The van der Waals surface area contributed by atoms with E-state index in [1.807, 2.05) is 25.4 Å². The third-order valence-corrected chi connectivity index (χ3v) is 2.62. The average molecular weight is 222 g/mol. The van der Waals surface area contributed by atoms with E-state index in [1.54, 1.807) is 0 Å². The summed E-state index contributed by atoms with van der Waals surface area (Å²) in [6.45, 7) is 2.31. The topological polar surface area (TPSA) is 43.4 Å². The van der Waals surface area contributed by atoms with Crippen LogP contribution in [0.1, 0.15) is 18.4 Å². The van der Waals surface area contributed by atoms with Crippen molar-refractivity contribution in [2.24, 2.45) is 0 Å². The van der Waals surface area contributed by atoms with Gasteiger partial charge in [0.1, 0.15) is 6.61 Å². The monoisotopic (exact) mass is 222 g/mol. The molecule has 1 atom stereocenters. The fourth-order valence-corrected chi connectivity index (χ4v) is 1.76. The third-order valence-electron chi connectivity index (χ3n) is 2.62. The average Bonchev–Trinajstić information content (AvgIpc) is 2.82. The molecule has 1 aliphatic rings. The van der Waals surface area contributed by atoms with Crippen molar-refractivity contribution in [1.82, 2.24) is 10.3 Å². The summed E-state index contributed by atoms with van der Waals surface area (Å²) in [5, 5.41) is 3.08. The van der Waals surface area contributed by atoms with E-state index in [-0.39, 0.29) is 6.10 Å². The molecule has 1 fully saturated rings. The van der Waals surface area contributed by atoms with Crippen LogP contribution in [0.15, 0.2) is 18.3 Å². The standard InChI is InChI=1S/C12H18N2O2/c1-13-7-10-4-5-12(14-8-10)16-9-11-3-2-6-15-11/h4-5,8,11,13H,2-3,6-7,9H2,1H3. The Balaban J connectivity index is 1.80. The normalized spacial score (nSPS) is 19.9. The number of pyridine rings is 1. The Hall–Kier alpha value is -1.13. The second-order valence-electron chi connectivity index (χ2n) is 3.98. The number of nitrogens with zero attached hydrogens (tertiary/aromatic N) is 1. The van der Waals surface area contributed by atoms with Crippen molar-refractivity contribution in [1.29, 1.82) is 0 Å². The SMILES string of the molecule is CNCc1ccc(OCC2CCCO2)nc1. The van der Waals surface area contributed by atoms with E-state index in [0.29, 0.717) is 12.5 Å². The molecule has 0 spiro atoms. The Labute approximate surface area is 96.0 Å². The van der Waals surface area contributed by atoms with Gasteiger partial charge in [-0.25, -0.2) is 4.98 Å². The quantitative estimate of drug-likeness (QED) is 0.817. The van der Waals surface area contributed by atoms with E-state index >= 15 is 0 Å². The van der Waals surface area contributed by atoms with Gasteiger partial charge >= 0.3 is 0 Å². The van der Waals surface area contributed by atoms with Crippen LogP contribution in [0.3, 0.4) is 0 Å². The first kappa shape index (κ1) is 11.4. The first-order valence-corrected chi connectivity index (χ1v) is 5.72. The molecule has 0 radical (unpaired) electrons. The Morgan fingerprint density at radius 2 is 2.50 bits per heavy atom. The van der Waals surface area contributed by atoms with E-state index in [0.717, 1.165) is 31.6 Å². The summed E-state index contributed by atoms with van der Waals surface area (Å²) < 4.78 is 11.0. The summed E-state index contributed by atoms with van der Waals surface area (Å²) in [7, 11) is 1.92. The minimum Gasteiger partial charge on any atom is -0.475 e. The summed E-state index contributed by atoms with van der Waals surface area (Å²) in [5.41, 5.74) is 1.16. The van der Waals surface area contributed by atoms with E-state index in [2.05, 4.69) is 10.3 Å². The van der Waals surface area contributed by atoms with Crippen molar-refractivity contribution in [3.05, 3.63) is 23.9 Å². The molecule has 1 aromatic heterocycles. The van der Waals surface area contributed by atoms with Gasteiger partial charge in [-0.1, -0.05) is 6.07 Å². The summed E-state index contributed by atoms with van der Waals surface area (Å²) in [5.74, 6) is 0.676. The summed E-state index contributed by atoms with van der Waals surface area (Å²) in [4.78, 5) is 4.24. The van der Waals surface area contributed by atoms with Crippen LogP contribution < -0.4 is 10.1 Å². The van der Waals surface area contributed by atoms with Crippen LogP contribution in [0.5, 0.6) is 5.88 Å². The molecule has 2 rings (SSSR count). The van der Waals surface area contributed by atoms with Crippen molar-refractivity contribution in [3.8, 4) is 5.88 Å². The highest BCUT2D eigenvalue weighted by Gasteiger charge is 2.15. The molecule has 88 valence electrons. The number of nitrogens with one attached hydrogen (secondary N) is 1. The van der Waals surface area contributed by atoms with Gasteiger partial charge in [0.15, 0.2) is 0 Å². The molecule has 4 heteroatoms. The lowest BCUT2D eigenvalue weighted by Gasteiger charge is -2.10. The van der Waals surface area contributed by atoms with Crippen molar-refractivity contribution in [2.45, 2.75) is 25.5 Å². The van der Waals surface area contributed by atoms with Crippen LogP contribution >= 0.6 is 0 Å². The zero-order valence-electron chi connectivity index (χ0n) is 9.61. The largest absolute Gasteiger partial charge is 0.475 e. The molecule has 0 amide bonds. The molecule has 0 bridgehead atoms. The minimum atomic E-state index is 0.249. The van der Waals surface area contributed by atoms with Gasteiger partial charge in [0.25, 0.3) is 0 Å². The highest BCUT2D eigenvalue weighted by Crippen LogP contribution is 2.14. The highest BCUT2D eigenvalue weighted by molar-refractivity contribution is 5.17. The van der Waals surface area contributed by atoms with Crippen LogP contribution in [-0.4, -0.2) is 31.3 Å². The molecule has 4 nitrogen and oxygen atoms in total. The van der Waals surface area contributed by atoms with Crippen molar-refractivity contribution in [3.63, 3.8) is 0 Å². The van der Waals surface area contributed by atoms with E-state index in [4.69, 9.17) is 9.47 Å². The number of rotatable bonds is 5. The smallest absolute Gasteiger partial charge is 0.213 e. The molecule has 16 heavy (non-hydrogen) atoms. The second kappa shape index (κ2) is 5.82. The minimum absolute atomic E-state index is 0.249. The predicted octanol–water partition coefficient (Wildman–Crippen LogP) is 1.36. The van der Waals surface area contributed by atoms with Gasteiger partial charge < -0.3 is 14.8 Å². The first-order chi connectivity index (χ1) is 7.88. The number of hydrogen-bond acceptors (Lipinski definition) is 4. The van der Waals surface area contributed by atoms with Crippen LogP contribution in [0.2, 0.25) is 0 Å². The third kappa shape index (κ3) is 3.18. The van der Waals surface area contributed by atoms with Gasteiger partial charge in [-0.15, -0.1) is 0 Å². The maximum atomic E-state index is 5.57. The number of hydrogen-bond donors (Lipinski definition) is 1. The van der Waals surface area contributed by atoms with Crippen LogP contribution in [0, 0.1) is 0 Å². The molecule has 1 aromatic rings. The van der Waals surface area contributed by atoms with Gasteiger partial charge in [-0.3, -0.25) is 0 Å². The lowest BCUT2D eigenvalue weighted by molar-refractivity contribution is 0.0663. The van der Waals surface area contributed by atoms with Crippen LogP contribution in [0.4, 0.5) is 0 Å². The van der Waals surface area contributed by atoms with Gasteiger partial charge in [-0.2, -0.15) is 0 Å². The van der Waals surface area contributed by atoms with Crippen molar-refractivity contribution < 1.29 is 9.47 Å². The Morgan fingerprint density at radius 3 is 3.12 bits per heavy atom. The lowest BCUT2D eigenvalue weighted by atomic mass is 10.2. The molecule has 2 heterocycles. The van der Waals surface area contributed by atoms with Crippen molar-refractivity contribution >= 4 is 0 Å². The first-order valence-electron chi connectivity index (χ1n) is 5.72. The lowest BCUT2D eigenvalue weighted by Crippen LogP contribution is -2.16. The molecule has 1 aliphatic heterocycles. The molecule has 1 unspecified atom stereocenters. The van der Waals surface area contributed by atoms with Crippen LogP contribution in [0.25, 0.3) is 0 Å². The molecular weight excluding hydrogens is 204 g/mol. The fourth-order valence-electron chi connectivity index (χ4n) is 1.76. The second-order valence-corrected chi connectivity index (χ2v) is 3.98. The predicted molar refractivity (Wildman–Crippen MR) is 61.5 cm³/mol. The van der Waals surface area contributed by atoms with E-state index in [9.17, 15) is 0 Å². The molecular formula is C12H18N2O2. The van der Waals surface area contributed by atoms with Crippen molar-refractivity contribution in [2.75, 3.05) is 20.3 Å². The molecule has 1 saturated heterocycles. The maximum absolute atomic E-state index is 5.57. The Morgan fingerprint density at radius 1 is 1.56 bits per heavy atom. The zero-order chi connectivity index (χ0) is 11.2. The highest BCUT2D eigenvalue weighted by atomic mass is 16.5. The van der Waals surface area contributed by atoms with Crippen LogP contribution in [-0.2, 0) is 11.3 Å². The molecule has 1 N–H and O–H groups in total. The van der Waals surface area contributed by atoms with E-state index in [1.165, 1.54) is 0 Å². The van der Waals surface area contributed by atoms with Gasteiger partial charge in [-0.05, 0) is 25.5 Å². The van der Waals surface area contributed by atoms with Gasteiger partial charge in [0.2, 0.25) is 5.88 Å². The summed E-state index contributed by atoms with van der Waals surface area (Å²) in [6.07, 6.45) is 4.32. The molecule has 0 aromatic carbocycles. The van der Waals surface area contributed by atoms with E-state index < -0.39 is 0 Å². The molecule has 0 aliphatic carbocycles. The fraction of sp³-hybridized carbons (Fsp3) is 0.583. The number of aromatic nitrogens is 1. The van der Waals surface area contributed by atoms with Gasteiger partial charge in [0, 0.05) is 25.4 Å². The van der Waals surface area contributed by atoms with Gasteiger partial charge in [0.05, 0.1) is 6.10 Å². The Bertz CT molecular complexity index is 307. The summed E-state index contributed by atoms with van der Waals surface area (Å²) in [6, 6.07) is 3.93. The molecule has 0 saturated carbocycles. The number of ether oxygens (including phenoxy) is 2. The Kier molecular flexibility index (Phi) is 4.13. The zero-order valence-corrected chi connectivity index (χ0v) is 9.61.